The van der Waals surface area contributed by atoms with Gasteiger partial charge in [0.05, 0.1) is 13.2 Å². The number of aromatic nitrogens is 1. The molecule has 2 rings (SSSR count). The second-order valence-corrected chi connectivity index (χ2v) is 5.63. The van der Waals surface area contributed by atoms with E-state index in [4.69, 9.17) is 4.74 Å². The number of rotatable bonds is 5. The van der Waals surface area contributed by atoms with E-state index in [-0.39, 0.29) is 0 Å². The average Bonchev–Trinajstić information content (AvgIpc) is 2.38. The Morgan fingerprint density at radius 1 is 1.47 bits per heavy atom. The van der Waals surface area contributed by atoms with Crippen LogP contribution in [0.15, 0.2) is 18.5 Å². The molecule has 0 aliphatic carbocycles. The van der Waals surface area contributed by atoms with Crippen LogP contribution in [0, 0.1) is 6.92 Å². The van der Waals surface area contributed by atoms with E-state index >= 15 is 0 Å². The van der Waals surface area contributed by atoms with Crippen molar-refractivity contribution in [2.45, 2.75) is 39.4 Å². The Balaban J connectivity index is 1.95. The number of aryl methyl sites for hydroxylation is 1. The topological polar surface area (TPSA) is 37.4 Å². The van der Waals surface area contributed by atoms with Gasteiger partial charge in [0.1, 0.15) is 0 Å². The van der Waals surface area contributed by atoms with Crippen molar-refractivity contribution in [3.63, 3.8) is 0 Å². The van der Waals surface area contributed by atoms with E-state index in [1.807, 2.05) is 12.4 Å². The maximum Gasteiger partial charge on any atom is 0.0635 e. The molecule has 0 amide bonds. The third kappa shape index (κ3) is 4.56. The summed E-state index contributed by atoms with van der Waals surface area (Å²) >= 11 is 0. The quantitative estimate of drug-likeness (QED) is 0.875. The molecule has 0 aromatic carbocycles. The summed E-state index contributed by atoms with van der Waals surface area (Å²) in [6.07, 6.45) is 3.87. The summed E-state index contributed by atoms with van der Waals surface area (Å²) in [6, 6.07) is 3.19. The highest BCUT2D eigenvalue weighted by atomic mass is 16.5. The first kappa shape index (κ1) is 14.4. The molecule has 4 heteroatoms. The molecular formula is C15H25N3O. The minimum atomic E-state index is 0.455. The Hall–Kier alpha value is -0.970. The summed E-state index contributed by atoms with van der Waals surface area (Å²) in [5, 5.41) is 3.51. The lowest BCUT2D eigenvalue weighted by molar-refractivity contribution is -0.0115. The van der Waals surface area contributed by atoms with Crippen molar-refractivity contribution in [3.05, 3.63) is 29.6 Å². The highest BCUT2D eigenvalue weighted by molar-refractivity contribution is 5.16. The van der Waals surface area contributed by atoms with Gasteiger partial charge in [0.15, 0.2) is 0 Å². The van der Waals surface area contributed by atoms with Crippen LogP contribution in [0.2, 0.25) is 0 Å². The largest absolute Gasteiger partial charge is 0.378 e. The fourth-order valence-electron chi connectivity index (χ4n) is 2.40. The molecule has 0 bridgehead atoms. The molecule has 1 N–H and O–H groups in total. The van der Waals surface area contributed by atoms with Gasteiger partial charge < -0.3 is 10.1 Å². The van der Waals surface area contributed by atoms with E-state index in [0.717, 1.165) is 32.8 Å². The van der Waals surface area contributed by atoms with E-state index in [1.165, 1.54) is 11.1 Å². The van der Waals surface area contributed by atoms with Gasteiger partial charge in [-0.25, -0.2) is 0 Å². The van der Waals surface area contributed by atoms with Gasteiger partial charge in [0.25, 0.3) is 0 Å². The summed E-state index contributed by atoms with van der Waals surface area (Å²) in [6.45, 7) is 11.0. The molecule has 1 saturated heterocycles. The lowest BCUT2D eigenvalue weighted by atomic mass is 10.1. The van der Waals surface area contributed by atoms with Crippen LogP contribution in [0.1, 0.15) is 25.0 Å². The van der Waals surface area contributed by atoms with Crippen LogP contribution in [0.5, 0.6) is 0 Å². The van der Waals surface area contributed by atoms with E-state index in [0.29, 0.717) is 12.1 Å². The van der Waals surface area contributed by atoms with Crippen LogP contribution in [-0.2, 0) is 11.3 Å². The van der Waals surface area contributed by atoms with Gasteiger partial charge in [-0.1, -0.05) is 19.9 Å². The first-order valence-corrected chi connectivity index (χ1v) is 7.11. The Morgan fingerprint density at radius 3 is 3.05 bits per heavy atom. The first-order chi connectivity index (χ1) is 9.15. The van der Waals surface area contributed by atoms with E-state index < -0.39 is 0 Å². The van der Waals surface area contributed by atoms with Gasteiger partial charge in [-0.05, 0) is 18.1 Å². The highest BCUT2D eigenvalue weighted by Gasteiger charge is 2.23. The smallest absolute Gasteiger partial charge is 0.0635 e. The Labute approximate surface area is 116 Å². The molecule has 1 aromatic heterocycles. The predicted octanol–water partition coefficient (Wildman–Crippen LogP) is 1.59. The summed E-state index contributed by atoms with van der Waals surface area (Å²) in [7, 11) is 0. The molecule has 1 aliphatic heterocycles. The number of nitrogens with zero attached hydrogens (tertiary/aromatic N) is 2. The molecule has 106 valence electrons. The second-order valence-electron chi connectivity index (χ2n) is 5.63. The second kappa shape index (κ2) is 6.98. The zero-order chi connectivity index (χ0) is 13.7. The zero-order valence-electron chi connectivity index (χ0n) is 12.2. The SMILES string of the molecule is Cc1cncc(CN2CCOCC2CNC(C)C)c1. The fraction of sp³-hybridized carbons (Fsp3) is 0.667. The summed E-state index contributed by atoms with van der Waals surface area (Å²) < 4.78 is 5.61. The highest BCUT2D eigenvalue weighted by Crippen LogP contribution is 2.12. The average molecular weight is 263 g/mol. The molecule has 0 spiro atoms. The zero-order valence-corrected chi connectivity index (χ0v) is 12.2. The van der Waals surface area contributed by atoms with E-state index in [2.05, 4.69) is 42.0 Å². The molecule has 0 radical (unpaired) electrons. The Bertz CT molecular complexity index is 395. The number of nitrogens with one attached hydrogen (secondary N) is 1. The summed E-state index contributed by atoms with van der Waals surface area (Å²) in [5.74, 6) is 0. The minimum Gasteiger partial charge on any atom is -0.378 e. The molecule has 1 aromatic rings. The van der Waals surface area contributed by atoms with Crippen LogP contribution in [0.25, 0.3) is 0 Å². The minimum absolute atomic E-state index is 0.455. The molecule has 1 fully saturated rings. The third-order valence-electron chi connectivity index (χ3n) is 3.43. The number of hydrogen-bond acceptors (Lipinski definition) is 4. The Morgan fingerprint density at radius 2 is 2.32 bits per heavy atom. The number of morpholine rings is 1. The van der Waals surface area contributed by atoms with Crippen molar-refractivity contribution in [2.24, 2.45) is 0 Å². The Kier molecular flexibility index (Phi) is 5.31. The molecule has 2 heterocycles. The van der Waals surface area contributed by atoms with Crippen LogP contribution < -0.4 is 5.32 Å². The van der Waals surface area contributed by atoms with E-state index in [1.54, 1.807) is 0 Å². The number of ether oxygens (including phenoxy) is 1. The van der Waals surface area contributed by atoms with E-state index in [9.17, 15) is 0 Å². The van der Waals surface area contributed by atoms with Crippen molar-refractivity contribution in [2.75, 3.05) is 26.3 Å². The molecule has 1 aliphatic rings. The van der Waals surface area contributed by atoms with Crippen LogP contribution in [-0.4, -0.2) is 48.3 Å². The molecule has 19 heavy (non-hydrogen) atoms. The van der Waals surface area contributed by atoms with Gasteiger partial charge >= 0.3 is 0 Å². The van der Waals surface area contributed by atoms with Crippen LogP contribution in [0.4, 0.5) is 0 Å². The van der Waals surface area contributed by atoms with Crippen molar-refractivity contribution in [3.8, 4) is 0 Å². The molecule has 1 unspecified atom stereocenters. The molecule has 0 saturated carbocycles. The predicted molar refractivity (Wildman–Crippen MR) is 77.1 cm³/mol. The third-order valence-corrected chi connectivity index (χ3v) is 3.43. The van der Waals surface area contributed by atoms with Crippen molar-refractivity contribution >= 4 is 0 Å². The standard InChI is InChI=1S/C15H25N3O/c1-12(2)17-9-15-11-19-5-4-18(15)10-14-6-13(3)7-16-8-14/h6-8,12,15,17H,4-5,9-11H2,1-3H3. The normalized spacial score (nSPS) is 20.9. The van der Waals surface area contributed by atoms with Gasteiger partial charge in [0.2, 0.25) is 0 Å². The van der Waals surface area contributed by atoms with Gasteiger partial charge in [-0.2, -0.15) is 0 Å². The summed E-state index contributed by atoms with van der Waals surface area (Å²) in [5.41, 5.74) is 2.51. The molecule has 1 atom stereocenters. The van der Waals surface area contributed by atoms with Gasteiger partial charge in [-0.15, -0.1) is 0 Å². The van der Waals surface area contributed by atoms with Crippen LogP contribution >= 0.6 is 0 Å². The maximum atomic E-state index is 5.61. The monoisotopic (exact) mass is 263 g/mol. The lowest BCUT2D eigenvalue weighted by Crippen LogP contribution is -2.50. The van der Waals surface area contributed by atoms with Crippen LogP contribution in [0.3, 0.4) is 0 Å². The van der Waals surface area contributed by atoms with Crippen molar-refractivity contribution in [1.82, 2.24) is 15.2 Å². The van der Waals surface area contributed by atoms with Crippen molar-refractivity contribution in [1.29, 1.82) is 0 Å². The van der Waals surface area contributed by atoms with Crippen molar-refractivity contribution < 1.29 is 4.74 Å². The van der Waals surface area contributed by atoms with Gasteiger partial charge in [0, 0.05) is 44.1 Å². The molecular weight excluding hydrogens is 238 g/mol. The first-order valence-electron chi connectivity index (χ1n) is 7.11. The maximum absolute atomic E-state index is 5.61. The number of hydrogen-bond donors (Lipinski definition) is 1. The van der Waals surface area contributed by atoms with Gasteiger partial charge in [-0.3, -0.25) is 9.88 Å². The summed E-state index contributed by atoms with van der Waals surface area (Å²) in [4.78, 5) is 6.77. The lowest BCUT2D eigenvalue weighted by Gasteiger charge is -2.36. The fourth-order valence-corrected chi connectivity index (χ4v) is 2.40. The number of pyridine rings is 1. The molecule has 4 nitrogen and oxygen atoms in total.